The van der Waals surface area contributed by atoms with Crippen LogP contribution in [0.15, 0.2) is 18.2 Å². The van der Waals surface area contributed by atoms with E-state index in [4.69, 9.17) is 9.47 Å². The molecule has 1 aromatic rings. The Hall–Kier alpha value is -1.71. The Kier molecular flexibility index (Phi) is 7.07. The predicted molar refractivity (Wildman–Crippen MR) is 88.7 cm³/mol. The summed E-state index contributed by atoms with van der Waals surface area (Å²) in [5, 5.41) is 2.93. The molecule has 1 heterocycles. The molecule has 0 unspecified atom stereocenters. The lowest BCUT2D eigenvalue weighted by atomic mass is 10.1. The second-order valence-corrected chi connectivity index (χ2v) is 5.78. The maximum Gasteiger partial charge on any atom is 0.224 e. The lowest BCUT2D eigenvalue weighted by molar-refractivity contribution is -0.116. The zero-order valence-electron chi connectivity index (χ0n) is 13.5. The van der Waals surface area contributed by atoms with Crippen molar-refractivity contribution in [1.82, 2.24) is 0 Å². The van der Waals surface area contributed by atoms with Crippen LogP contribution in [0.25, 0.3) is 0 Å². The molecule has 0 aromatic heterocycles. The van der Waals surface area contributed by atoms with Gasteiger partial charge in [-0.05, 0) is 18.6 Å². The minimum Gasteiger partial charge on any atom is -0.486 e. The first-order valence-corrected chi connectivity index (χ1v) is 8.49. The molecular formula is C18H27NO3. The van der Waals surface area contributed by atoms with E-state index in [1.807, 2.05) is 18.2 Å². The van der Waals surface area contributed by atoms with Gasteiger partial charge in [0.1, 0.15) is 13.2 Å². The SMILES string of the molecule is CCCCCCCCCC(=O)Nc1ccc2c(c1)OCCO2. The number of unbranched alkanes of at least 4 members (excludes halogenated alkanes) is 6. The van der Waals surface area contributed by atoms with E-state index in [2.05, 4.69) is 12.2 Å². The third-order valence-electron chi connectivity index (χ3n) is 3.83. The fourth-order valence-electron chi connectivity index (χ4n) is 2.59. The molecule has 1 amide bonds. The van der Waals surface area contributed by atoms with Crippen molar-refractivity contribution in [3.8, 4) is 11.5 Å². The van der Waals surface area contributed by atoms with Gasteiger partial charge in [0.15, 0.2) is 11.5 Å². The van der Waals surface area contributed by atoms with Gasteiger partial charge in [0.25, 0.3) is 0 Å². The molecule has 1 N–H and O–H groups in total. The lowest BCUT2D eigenvalue weighted by Crippen LogP contribution is -2.16. The Bertz CT molecular complexity index is 473. The van der Waals surface area contributed by atoms with E-state index >= 15 is 0 Å². The minimum atomic E-state index is 0.0743. The molecule has 0 aliphatic carbocycles. The Morgan fingerprint density at radius 1 is 1.00 bits per heavy atom. The number of rotatable bonds is 9. The van der Waals surface area contributed by atoms with Gasteiger partial charge in [0.2, 0.25) is 5.91 Å². The number of hydrogen-bond donors (Lipinski definition) is 1. The minimum absolute atomic E-state index is 0.0743. The summed E-state index contributed by atoms with van der Waals surface area (Å²) in [6.45, 7) is 3.36. The van der Waals surface area contributed by atoms with Gasteiger partial charge in [0.05, 0.1) is 0 Å². The summed E-state index contributed by atoms with van der Waals surface area (Å²) in [6.07, 6.45) is 9.13. The predicted octanol–water partition coefficient (Wildman–Crippen LogP) is 4.54. The molecule has 0 atom stereocenters. The van der Waals surface area contributed by atoms with Crippen LogP contribution >= 0.6 is 0 Å². The van der Waals surface area contributed by atoms with E-state index in [0.29, 0.717) is 25.4 Å². The molecule has 0 fully saturated rings. The van der Waals surface area contributed by atoms with Gasteiger partial charge < -0.3 is 14.8 Å². The molecule has 0 saturated carbocycles. The third-order valence-corrected chi connectivity index (χ3v) is 3.83. The van der Waals surface area contributed by atoms with E-state index < -0.39 is 0 Å². The number of amides is 1. The number of anilines is 1. The van der Waals surface area contributed by atoms with Gasteiger partial charge in [0, 0.05) is 18.2 Å². The van der Waals surface area contributed by atoms with Crippen molar-refractivity contribution in [2.24, 2.45) is 0 Å². The number of hydrogen-bond acceptors (Lipinski definition) is 3. The molecule has 0 bridgehead atoms. The monoisotopic (exact) mass is 305 g/mol. The van der Waals surface area contributed by atoms with E-state index in [9.17, 15) is 4.79 Å². The van der Waals surface area contributed by atoms with Gasteiger partial charge >= 0.3 is 0 Å². The first-order chi connectivity index (χ1) is 10.8. The summed E-state index contributed by atoms with van der Waals surface area (Å²) in [7, 11) is 0. The summed E-state index contributed by atoms with van der Waals surface area (Å²) >= 11 is 0. The number of benzene rings is 1. The summed E-state index contributed by atoms with van der Waals surface area (Å²) < 4.78 is 11.0. The van der Waals surface area contributed by atoms with Crippen molar-refractivity contribution < 1.29 is 14.3 Å². The van der Waals surface area contributed by atoms with Crippen LogP contribution in [0.3, 0.4) is 0 Å². The highest BCUT2D eigenvalue weighted by Crippen LogP contribution is 2.32. The zero-order chi connectivity index (χ0) is 15.6. The van der Waals surface area contributed by atoms with Crippen LogP contribution in [-0.2, 0) is 4.79 Å². The number of fused-ring (bicyclic) bond motifs is 1. The smallest absolute Gasteiger partial charge is 0.224 e. The number of carbonyl (C=O) groups is 1. The maximum atomic E-state index is 11.9. The average molecular weight is 305 g/mol. The molecular weight excluding hydrogens is 278 g/mol. The van der Waals surface area contributed by atoms with E-state index in [0.717, 1.165) is 24.3 Å². The number of nitrogens with one attached hydrogen (secondary N) is 1. The molecule has 0 spiro atoms. The highest BCUT2D eigenvalue weighted by Gasteiger charge is 2.12. The first kappa shape index (κ1) is 16.7. The quantitative estimate of drug-likeness (QED) is 0.681. The standard InChI is InChI=1S/C18H27NO3/c1-2-3-4-5-6-7-8-9-18(20)19-15-10-11-16-17(14-15)22-13-12-21-16/h10-11,14H,2-9,12-13H2,1H3,(H,19,20). The first-order valence-electron chi connectivity index (χ1n) is 8.49. The van der Waals surface area contributed by atoms with Gasteiger partial charge in [-0.25, -0.2) is 0 Å². The summed E-state index contributed by atoms with van der Waals surface area (Å²) in [5.74, 6) is 1.53. The lowest BCUT2D eigenvalue weighted by Gasteiger charge is -2.19. The Morgan fingerprint density at radius 2 is 1.68 bits per heavy atom. The van der Waals surface area contributed by atoms with Crippen LogP contribution in [0.1, 0.15) is 58.3 Å². The second kappa shape index (κ2) is 9.34. The van der Waals surface area contributed by atoms with Gasteiger partial charge in [-0.2, -0.15) is 0 Å². The molecule has 1 aliphatic rings. The van der Waals surface area contributed by atoms with Crippen molar-refractivity contribution in [2.45, 2.75) is 58.3 Å². The Balaban J connectivity index is 1.64. The third kappa shape index (κ3) is 5.58. The van der Waals surface area contributed by atoms with E-state index in [-0.39, 0.29) is 5.91 Å². The normalized spacial score (nSPS) is 13.0. The Morgan fingerprint density at radius 3 is 2.45 bits per heavy atom. The summed E-state index contributed by atoms with van der Waals surface area (Å²) in [4.78, 5) is 11.9. The van der Waals surface area contributed by atoms with Crippen LogP contribution in [-0.4, -0.2) is 19.1 Å². The van der Waals surface area contributed by atoms with Crippen molar-refractivity contribution >= 4 is 11.6 Å². The number of ether oxygens (including phenoxy) is 2. The maximum absolute atomic E-state index is 11.9. The molecule has 122 valence electrons. The van der Waals surface area contributed by atoms with Crippen molar-refractivity contribution in [3.63, 3.8) is 0 Å². The van der Waals surface area contributed by atoms with Crippen LogP contribution < -0.4 is 14.8 Å². The topological polar surface area (TPSA) is 47.6 Å². The molecule has 1 aromatic carbocycles. The molecule has 1 aliphatic heterocycles. The number of carbonyl (C=O) groups excluding carboxylic acids is 1. The molecule has 0 saturated heterocycles. The fourth-order valence-corrected chi connectivity index (χ4v) is 2.59. The fraction of sp³-hybridized carbons (Fsp3) is 0.611. The highest BCUT2D eigenvalue weighted by molar-refractivity contribution is 5.91. The molecule has 0 radical (unpaired) electrons. The van der Waals surface area contributed by atoms with Crippen LogP contribution in [0, 0.1) is 0 Å². The van der Waals surface area contributed by atoms with Crippen molar-refractivity contribution in [1.29, 1.82) is 0 Å². The molecule has 2 rings (SSSR count). The van der Waals surface area contributed by atoms with Crippen molar-refractivity contribution in [3.05, 3.63) is 18.2 Å². The van der Waals surface area contributed by atoms with Crippen molar-refractivity contribution in [2.75, 3.05) is 18.5 Å². The molecule has 4 heteroatoms. The largest absolute Gasteiger partial charge is 0.486 e. The van der Waals surface area contributed by atoms with Gasteiger partial charge in [-0.1, -0.05) is 45.4 Å². The second-order valence-electron chi connectivity index (χ2n) is 5.78. The summed E-state index contributed by atoms with van der Waals surface area (Å²) in [5.41, 5.74) is 0.775. The highest BCUT2D eigenvalue weighted by atomic mass is 16.6. The van der Waals surface area contributed by atoms with E-state index in [1.165, 1.54) is 32.1 Å². The zero-order valence-corrected chi connectivity index (χ0v) is 13.5. The van der Waals surface area contributed by atoms with Gasteiger partial charge in [-0.15, -0.1) is 0 Å². The van der Waals surface area contributed by atoms with Crippen LogP contribution in [0.4, 0.5) is 5.69 Å². The van der Waals surface area contributed by atoms with E-state index in [1.54, 1.807) is 0 Å². The van der Waals surface area contributed by atoms with Crippen LogP contribution in [0.5, 0.6) is 11.5 Å². The molecule has 22 heavy (non-hydrogen) atoms. The summed E-state index contributed by atoms with van der Waals surface area (Å²) in [6, 6.07) is 5.53. The van der Waals surface area contributed by atoms with Gasteiger partial charge in [-0.3, -0.25) is 4.79 Å². The molecule has 4 nitrogen and oxygen atoms in total. The van der Waals surface area contributed by atoms with Crippen LogP contribution in [0.2, 0.25) is 0 Å². The Labute approximate surface area is 133 Å². The average Bonchev–Trinajstić information content (AvgIpc) is 2.54.